The normalized spacial score (nSPS) is 25.5. The van der Waals surface area contributed by atoms with E-state index in [1.807, 2.05) is 16.8 Å². The smallest absolute Gasteiger partial charge is 0.0924 e. The average molecular weight is 267 g/mol. The Morgan fingerprint density at radius 2 is 2.20 bits per heavy atom. The Labute approximate surface area is 95.8 Å². The van der Waals surface area contributed by atoms with Gasteiger partial charge in [-0.25, -0.2) is 0 Å². The minimum atomic E-state index is -0.131. The number of aliphatic hydroxyl groups excluding tert-OH is 1. The summed E-state index contributed by atoms with van der Waals surface area (Å²) in [6.45, 7) is 0. The maximum atomic E-state index is 9.25. The van der Waals surface area contributed by atoms with Gasteiger partial charge in [0.25, 0.3) is 0 Å². The van der Waals surface area contributed by atoms with Crippen molar-refractivity contribution in [3.05, 3.63) is 28.9 Å². The molecule has 1 saturated carbocycles. The van der Waals surface area contributed by atoms with Crippen molar-refractivity contribution in [3.63, 3.8) is 0 Å². The number of nitrogens with zero attached hydrogens (tertiary/aromatic N) is 2. The monoisotopic (exact) mass is 266 g/mol. The molecule has 4 heteroatoms. The zero-order valence-corrected chi connectivity index (χ0v) is 9.68. The lowest BCUT2D eigenvalue weighted by Gasteiger charge is -2.31. The average Bonchev–Trinajstić information content (AvgIpc) is 2.55. The number of aromatic nitrogens is 2. The van der Waals surface area contributed by atoms with Gasteiger partial charge < -0.3 is 5.11 Å². The molecule has 1 aromatic heterocycles. The number of fused-ring (bicyclic) bond motifs is 1. The van der Waals surface area contributed by atoms with E-state index in [1.165, 1.54) is 0 Å². The molecule has 1 N–H and O–H groups in total. The molecule has 3 rings (SSSR count). The van der Waals surface area contributed by atoms with E-state index < -0.39 is 0 Å². The lowest BCUT2D eigenvalue weighted by molar-refractivity contribution is 0.0437. The molecule has 1 aromatic carbocycles. The molecule has 0 spiro atoms. The minimum absolute atomic E-state index is 0.131. The maximum absolute atomic E-state index is 9.25. The van der Waals surface area contributed by atoms with Crippen LogP contribution in [0.1, 0.15) is 18.9 Å². The highest BCUT2D eigenvalue weighted by molar-refractivity contribution is 9.10. The zero-order chi connectivity index (χ0) is 10.4. The van der Waals surface area contributed by atoms with Gasteiger partial charge in [-0.2, -0.15) is 5.10 Å². The van der Waals surface area contributed by atoms with E-state index in [2.05, 4.69) is 33.3 Å². The number of hydrogen-bond acceptors (Lipinski definition) is 2. The molecule has 0 aliphatic heterocycles. The second-order valence-corrected chi connectivity index (χ2v) is 5.01. The fourth-order valence-corrected chi connectivity index (χ4v) is 2.36. The Balaban J connectivity index is 1.99. The van der Waals surface area contributed by atoms with Gasteiger partial charge in [-0.15, -0.1) is 0 Å². The summed E-state index contributed by atoms with van der Waals surface area (Å²) in [5, 5.41) is 14.9. The fourth-order valence-electron chi connectivity index (χ4n) is 1.98. The summed E-state index contributed by atoms with van der Waals surface area (Å²) in [7, 11) is 0. The second-order valence-electron chi connectivity index (χ2n) is 4.09. The number of halogens is 1. The van der Waals surface area contributed by atoms with Gasteiger partial charge in [0.05, 0.1) is 17.7 Å². The first-order valence-electron chi connectivity index (χ1n) is 5.05. The summed E-state index contributed by atoms with van der Waals surface area (Å²) in [4.78, 5) is 0. The Morgan fingerprint density at radius 1 is 1.40 bits per heavy atom. The van der Waals surface area contributed by atoms with E-state index in [0.29, 0.717) is 6.04 Å². The van der Waals surface area contributed by atoms with Gasteiger partial charge in [0.15, 0.2) is 0 Å². The van der Waals surface area contributed by atoms with Crippen LogP contribution in [0.2, 0.25) is 0 Å². The van der Waals surface area contributed by atoms with E-state index in [1.54, 1.807) is 0 Å². The summed E-state index contributed by atoms with van der Waals surface area (Å²) in [6.07, 6.45) is 3.58. The van der Waals surface area contributed by atoms with E-state index in [0.717, 1.165) is 28.2 Å². The van der Waals surface area contributed by atoms with Crippen LogP contribution in [0, 0.1) is 0 Å². The first-order chi connectivity index (χ1) is 7.22. The van der Waals surface area contributed by atoms with Crippen molar-refractivity contribution in [2.24, 2.45) is 0 Å². The van der Waals surface area contributed by atoms with Crippen LogP contribution in [0.5, 0.6) is 0 Å². The van der Waals surface area contributed by atoms with Crippen LogP contribution in [-0.4, -0.2) is 21.0 Å². The van der Waals surface area contributed by atoms with Crippen molar-refractivity contribution < 1.29 is 5.11 Å². The topological polar surface area (TPSA) is 38.0 Å². The van der Waals surface area contributed by atoms with Crippen LogP contribution >= 0.6 is 15.9 Å². The summed E-state index contributed by atoms with van der Waals surface area (Å²) in [5.74, 6) is 0. The van der Waals surface area contributed by atoms with Gasteiger partial charge in [-0.3, -0.25) is 4.68 Å². The van der Waals surface area contributed by atoms with Crippen molar-refractivity contribution in [2.45, 2.75) is 25.0 Å². The third-order valence-electron chi connectivity index (χ3n) is 2.95. The van der Waals surface area contributed by atoms with Crippen molar-refractivity contribution in [1.29, 1.82) is 0 Å². The third kappa shape index (κ3) is 1.58. The van der Waals surface area contributed by atoms with E-state index in [-0.39, 0.29) is 6.10 Å². The molecule has 0 bridgehead atoms. The molecule has 1 aliphatic carbocycles. The van der Waals surface area contributed by atoms with Gasteiger partial charge in [0, 0.05) is 16.1 Å². The summed E-state index contributed by atoms with van der Waals surface area (Å²) in [6, 6.07) is 6.44. The van der Waals surface area contributed by atoms with Gasteiger partial charge in [0.2, 0.25) is 0 Å². The highest BCUT2D eigenvalue weighted by Crippen LogP contribution is 2.32. The van der Waals surface area contributed by atoms with E-state index in [9.17, 15) is 5.11 Å². The quantitative estimate of drug-likeness (QED) is 0.862. The van der Waals surface area contributed by atoms with Crippen LogP contribution in [0.15, 0.2) is 28.9 Å². The lowest BCUT2D eigenvalue weighted by Crippen LogP contribution is -2.30. The lowest BCUT2D eigenvalue weighted by atomic mass is 9.90. The molecule has 0 radical (unpaired) electrons. The Morgan fingerprint density at radius 3 is 2.93 bits per heavy atom. The first-order valence-corrected chi connectivity index (χ1v) is 5.84. The summed E-state index contributed by atoms with van der Waals surface area (Å²) in [5.41, 5.74) is 1.01. The SMILES string of the molecule is OC1CC(n2cc3cc(Br)ccc3n2)C1. The van der Waals surface area contributed by atoms with E-state index >= 15 is 0 Å². The van der Waals surface area contributed by atoms with Crippen LogP contribution in [0.25, 0.3) is 10.9 Å². The molecular weight excluding hydrogens is 256 g/mol. The fraction of sp³-hybridized carbons (Fsp3) is 0.364. The van der Waals surface area contributed by atoms with Crippen LogP contribution in [0.4, 0.5) is 0 Å². The highest BCUT2D eigenvalue weighted by atomic mass is 79.9. The van der Waals surface area contributed by atoms with Crippen molar-refractivity contribution >= 4 is 26.8 Å². The maximum Gasteiger partial charge on any atom is 0.0924 e. The number of benzene rings is 1. The van der Waals surface area contributed by atoms with Crippen molar-refractivity contribution in [1.82, 2.24) is 9.78 Å². The molecule has 1 heterocycles. The van der Waals surface area contributed by atoms with Gasteiger partial charge in [0.1, 0.15) is 0 Å². The number of aliphatic hydroxyl groups is 1. The third-order valence-corrected chi connectivity index (χ3v) is 3.44. The Hall–Kier alpha value is -0.870. The Bertz CT molecular complexity index is 502. The van der Waals surface area contributed by atoms with Gasteiger partial charge in [-0.05, 0) is 31.0 Å². The van der Waals surface area contributed by atoms with Crippen molar-refractivity contribution in [3.8, 4) is 0 Å². The van der Waals surface area contributed by atoms with Crippen LogP contribution in [0.3, 0.4) is 0 Å². The number of rotatable bonds is 1. The van der Waals surface area contributed by atoms with Gasteiger partial charge >= 0.3 is 0 Å². The highest BCUT2D eigenvalue weighted by Gasteiger charge is 2.29. The summed E-state index contributed by atoms with van der Waals surface area (Å²) >= 11 is 3.44. The molecule has 1 aliphatic rings. The molecule has 0 unspecified atom stereocenters. The van der Waals surface area contributed by atoms with E-state index in [4.69, 9.17) is 0 Å². The second kappa shape index (κ2) is 3.32. The minimum Gasteiger partial charge on any atom is -0.393 e. The number of hydrogen-bond donors (Lipinski definition) is 1. The molecule has 78 valence electrons. The molecule has 15 heavy (non-hydrogen) atoms. The van der Waals surface area contributed by atoms with Crippen molar-refractivity contribution in [2.75, 3.05) is 0 Å². The molecular formula is C11H11BrN2O. The molecule has 0 amide bonds. The standard InChI is InChI=1S/C11H11BrN2O/c12-8-1-2-11-7(3-8)6-14(13-11)9-4-10(15)5-9/h1-3,6,9-10,15H,4-5H2. The van der Waals surface area contributed by atoms with Gasteiger partial charge in [-0.1, -0.05) is 15.9 Å². The molecule has 0 atom stereocenters. The molecule has 3 nitrogen and oxygen atoms in total. The first kappa shape index (κ1) is 9.36. The largest absolute Gasteiger partial charge is 0.393 e. The molecule has 0 saturated heterocycles. The molecule has 2 aromatic rings. The Kier molecular flexibility index (Phi) is 2.07. The van der Waals surface area contributed by atoms with Crippen LogP contribution in [-0.2, 0) is 0 Å². The predicted octanol–water partition coefficient (Wildman–Crippen LogP) is 2.49. The van der Waals surface area contributed by atoms with Crippen LogP contribution < -0.4 is 0 Å². The summed E-state index contributed by atoms with van der Waals surface area (Å²) < 4.78 is 3.05. The predicted molar refractivity (Wildman–Crippen MR) is 61.7 cm³/mol. The molecule has 1 fully saturated rings. The zero-order valence-electron chi connectivity index (χ0n) is 8.10.